The third-order valence-electron chi connectivity index (χ3n) is 3.10. The van der Waals surface area contributed by atoms with Crippen LogP contribution in [0.3, 0.4) is 0 Å². The molecule has 0 bridgehead atoms. The Morgan fingerprint density at radius 3 is 2.95 bits per heavy atom. The number of aliphatic carboxylic acids is 1. The summed E-state index contributed by atoms with van der Waals surface area (Å²) in [5, 5.41) is 20.5. The molecule has 1 aliphatic heterocycles. The zero-order valence-corrected chi connectivity index (χ0v) is 12.1. The minimum absolute atomic E-state index is 0.260. The number of hydrogen-bond acceptors (Lipinski definition) is 4. The van der Waals surface area contributed by atoms with Gasteiger partial charge in [-0.2, -0.15) is 5.26 Å². The fraction of sp³-hybridized carbons (Fsp3) is 0.308. The Morgan fingerprint density at radius 1 is 1.60 bits per heavy atom. The van der Waals surface area contributed by atoms with Gasteiger partial charge in [-0.05, 0) is 34.1 Å². The van der Waals surface area contributed by atoms with Gasteiger partial charge in [0.1, 0.15) is 12.1 Å². The smallest absolute Gasteiger partial charge is 0.305 e. The predicted molar refractivity (Wildman–Crippen MR) is 75.3 cm³/mol. The van der Waals surface area contributed by atoms with E-state index in [2.05, 4.69) is 21.2 Å². The molecule has 2 rings (SSSR count). The minimum atomic E-state index is -1.02. The lowest BCUT2D eigenvalue weighted by Crippen LogP contribution is -2.56. The molecule has 1 aliphatic rings. The number of carboxylic acid groups (broad SMARTS) is 1. The monoisotopic (exact) mass is 337 g/mol. The summed E-state index contributed by atoms with van der Waals surface area (Å²) in [6, 6.07) is 6.39. The zero-order valence-electron chi connectivity index (χ0n) is 10.5. The van der Waals surface area contributed by atoms with Crippen molar-refractivity contribution in [2.45, 2.75) is 12.5 Å². The van der Waals surface area contributed by atoms with Crippen LogP contribution in [-0.4, -0.2) is 36.1 Å². The number of piperazine rings is 1. The van der Waals surface area contributed by atoms with E-state index in [9.17, 15) is 9.59 Å². The Bertz CT molecular complexity index is 597. The van der Waals surface area contributed by atoms with Crippen LogP contribution >= 0.6 is 15.9 Å². The average Bonchev–Trinajstić information content (AvgIpc) is 2.40. The first-order valence-corrected chi connectivity index (χ1v) is 6.78. The summed E-state index contributed by atoms with van der Waals surface area (Å²) < 4.78 is 0.623. The summed E-state index contributed by atoms with van der Waals surface area (Å²) in [7, 11) is 0. The van der Waals surface area contributed by atoms with Gasteiger partial charge in [0.2, 0.25) is 5.91 Å². The standard InChI is InChI=1S/C13H12BrN3O3/c14-10-5-9(2-1-8(10)7-15)17-4-3-16-13(20)11(17)6-12(18)19/h1-2,5,11H,3-4,6H2,(H,16,20)(H,18,19). The molecule has 1 aromatic rings. The Morgan fingerprint density at radius 2 is 2.35 bits per heavy atom. The van der Waals surface area contributed by atoms with Crippen LogP contribution in [-0.2, 0) is 9.59 Å². The van der Waals surface area contributed by atoms with E-state index in [0.29, 0.717) is 23.1 Å². The topological polar surface area (TPSA) is 93.4 Å². The maximum absolute atomic E-state index is 11.8. The number of carbonyl (C=O) groups is 2. The van der Waals surface area contributed by atoms with Gasteiger partial charge in [0.15, 0.2) is 0 Å². The summed E-state index contributed by atoms with van der Waals surface area (Å²) in [5.41, 5.74) is 1.21. The highest BCUT2D eigenvalue weighted by Gasteiger charge is 2.31. The number of carbonyl (C=O) groups excluding carboxylic acids is 1. The molecule has 0 spiro atoms. The third-order valence-corrected chi connectivity index (χ3v) is 3.76. The van der Waals surface area contributed by atoms with Crippen molar-refractivity contribution >= 4 is 33.5 Å². The van der Waals surface area contributed by atoms with E-state index in [4.69, 9.17) is 10.4 Å². The number of benzene rings is 1. The zero-order chi connectivity index (χ0) is 14.7. The van der Waals surface area contributed by atoms with Crippen molar-refractivity contribution in [1.29, 1.82) is 5.26 Å². The van der Waals surface area contributed by atoms with E-state index < -0.39 is 12.0 Å². The van der Waals surface area contributed by atoms with Crippen molar-refractivity contribution in [2.75, 3.05) is 18.0 Å². The molecule has 1 atom stereocenters. The second kappa shape index (κ2) is 5.92. The van der Waals surface area contributed by atoms with E-state index in [1.54, 1.807) is 23.1 Å². The molecule has 0 aliphatic carbocycles. The molecule has 20 heavy (non-hydrogen) atoms. The maximum atomic E-state index is 11.8. The molecule has 1 aromatic carbocycles. The molecule has 1 amide bonds. The molecule has 104 valence electrons. The summed E-state index contributed by atoms with van der Waals surface area (Å²) >= 11 is 3.29. The number of amides is 1. The van der Waals surface area contributed by atoms with E-state index in [1.165, 1.54) is 0 Å². The van der Waals surface area contributed by atoms with Crippen LogP contribution in [0.2, 0.25) is 0 Å². The van der Waals surface area contributed by atoms with Crippen LogP contribution in [0.1, 0.15) is 12.0 Å². The number of nitrogens with zero attached hydrogens (tertiary/aromatic N) is 2. The highest BCUT2D eigenvalue weighted by atomic mass is 79.9. The number of rotatable bonds is 3. The number of halogens is 1. The van der Waals surface area contributed by atoms with Crippen molar-refractivity contribution < 1.29 is 14.7 Å². The Kier molecular flexibility index (Phi) is 4.25. The van der Waals surface area contributed by atoms with Gasteiger partial charge in [0.05, 0.1) is 12.0 Å². The second-order valence-corrected chi connectivity index (χ2v) is 5.23. The number of nitriles is 1. The highest BCUT2D eigenvalue weighted by Crippen LogP contribution is 2.26. The quantitative estimate of drug-likeness (QED) is 0.861. The summed E-state index contributed by atoms with van der Waals surface area (Å²) in [4.78, 5) is 24.5. The first-order valence-electron chi connectivity index (χ1n) is 5.98. The van der Waals surface area contributed by atoms with Crippen LogP contribution in [0.5, 0.6) is 0 Å². The molecular weight excluding hydrogens is 326 g/mol. The summed E-state index contributed by atoms with van der Waals surface area (Å²) in [5.74, 6) is -1.32. The molecular formula is C13H12BrN3O3. The molecule has 1 heterocycles. The average molecular weight is 338 g/mol. The lowest BCUT2D eigenvalue weighted by Gasteiger charge is -2.36. The van der Waals surface area contributed by atoms with E-state index in [0.717, 1.165) is 5.69 Å². The highest BCUT2D eigenvalue weighted by molar-refractivity contribution is 9.10. The van der Waals surface area contributed by atoms with Crippen molar-refractivity contribution in [3.8, 4) is 6.07 Å². The Labute approximate surface area is 124 Å². The second-order valence-electron chi connectivity index (χ2n) is 4.37. The van der Waals surface area contributed by atoms with E-state index >= 15 is 0 Å². The fourth-order valence-electron chi connectivity index (χ4n) is 2.17. The SMILES string of the molecule is N#Cc1ccc(N2CCNC(=O)C2CC(=O)O)cc1Br. The number of hydrogen-bond donors (Lipinski definition) is 2. The van der Waals surface area contributed by atoms with Crippen molar-refractivity contribution in [3.05, 3.63) is 28.2 Å². The predicted octanol–water partition coefficient (Wildman–Crippen LogP) is 1.10. The van der Waals surface area contributed by atoms with Crippen molar-refractivity contribution in [2.24, 2.45) is 0 Å². The van der Waals surface area contributed by atoms with Crippen molar-refractivity contribution in [3.63, 3.8) is 0 Å². The van der Waals surface area contributed by atoms with E-state index in [1.807, 2.05) is 6.07 Å². The first kappa shape index (κ1) is 14.3. The van der Waals surface area contributed by atoms with Gasteiger partial charge in [-0.3, -0.25) is 9.59 Å². The fourth-order valence-corrected chi connectivity index (χ4v) is 2.62. The van der Waals surface area contributed by atoms with Crippen molar-refractivity contribution in [1.82, 2.24) is 5.32 Å². The van der Waals surface area contributed by atoms with Crippen LogP contribution in [0, 0.1) is 11.3 Å². The maximum Gasteiger partial charge on any atom is 0.305 e. The van der Waals surface area contributed by atoms with Gasteiger partial charge in [-0.1, -0.05) is 0 Å². The largest absolute Gasteiger partial charge is 0.481 e. The summed E-state index contributed by atoms with van der Waals surface area (Å²) in [6.07, 6.45) is -0.260. The van der Waals surface area contributed by atoms with Gasteiger partial charge >= 0.3 is 5.97 Å². The number of anilines is 1. The third kappa shape index (κ3) is 2.91. The van der Waals surface area contributed by atoms with Gasteiger partial charge in [-0.15, -0.1) is 0 Å². The normalized spacial score (nSPS) is 18.3. The van der Waals surface area contributed by atoms with Crippen LogP contribution in [0.25, 0.3) is 0 Å². The molecule has 0 saturated carbocycles. The molecule has 7 heteroatoms. The Balaban J connectivity index is 2.33. The number of carboxylic acids is 1. The van der Waals surface area contributed by atoms with E-state index in [-0.39, 0.29) is 12.3 Å². The first-order chi connectivity index (χ1) is 9.52. The molecule has 2 N–H and O–H groups in total. The lowest BCUT2D eigenvalue weighted by molar-refractivity contribution is -0.139. The van der Waals surface area contributed by atoms with Gasteiger partial charge in [0, 0.05) is 23.2 Å². The molecule has 1 fully saturated rings. The molecule has 1 unspecified atom stereocenters. The van der Waals surface area contributed by atoms with Crippen LogP contribution < -0.4 is 10.2 Å². The number of nitrogens with one attached hydrogen (secondary N) is 1. The van der Waals surface area contributed by atoms with Gasteiger partial charge in [0.25, 0.3) is 0 Å². The molecule has 1 saturated heterocycles. The van der Waals surface area contributed by atoms with Gasteiger partial charge < -0.3 is 15.3 Å². The molecule has 0 aromatic heterocycles. The lowest BCUT2D eigenvalue weighted by atomic mass is 10.1. The van der Waals surface area contributed by atoms with Crippen LogP contribution in [0.15, 0.2) is 22.7 Å². The van der Waals surface area contributed by atoms with Gasteiger partial charge in [-0.25, -0.2) is 0 Å². The van der Waals surface area contributed by atoms with Crippen LogP contribution in [0.4, 0.5) is 5.69 Å². The minimum Gasteiger partial charge on any atom is -0.481 e. The Hall–Kier alpha value is -2.07. The molecule has 0 radical (unpaired) electrons. The summed E-state index contributed by atoms with van der Waals surface area (Å²) in [6.45, 7) is 0.995. The molecule has 6 nitrogen and oxygen atoms in total.